The normalized spacial score (nSPS) is 18.8. The predicted octanol–water partition coefficient (Wildman–Crippen LogP) is 5.79. The highest BCUT2D eigenvalue weighted by Crippen LogP contribution is 2.47. The second-order valence-corrected chi connectivity index (χ2v) is 8.91. The third-order valence-corrected chi connectivity index (χ3v) is 6.83. The van der Waals surface area contributed by atoms with Crippen molar-refractivity contribution in [2.75, 3.05) is 31.5 Å². The number of rotatable bonds is 6. The summed E-state index contributed by atoms with van der Waals surface area (Å²) in [5.74, 6) is 1.72. The number of phenols is 1. The van der Waals surface area contributed by atoms with Crippen molar-refractivity contribution < 1.29 is 24.1 Å². The highest BCUT2D eigenvalue weighted by atomic mass is 16.5. The van der Waals surface area contributed by atoms with Crippen molar-refractivity contribution in [2.45, 2.75) is 31.7 Å². The zero-order valence-electron chi connectivity index (χ0n) is 20.6. The standard InChI is InChI=1S/C29H30N2O5/c1-4-36-24-13-12-17(16-26(24)35-3)18-14-22-27(23(32)15-18)28(19-8-7-11-25(34-2)29(19)33)31-21-10-6-5-9-20(21)30-22/h5-13,16,18,28,30-31,33H,4,14-15H2,1-3H3. The van der Waals surface area contributed by atoms with Crippen molar-refractivity contribution in [3.8, 4) is 23.0 Å². The minimum absolute atomic E-state index is 0.0223. The van der Waals surface area contributed by atoms with Gasteiger partial charge in [-0.15, -0.1) is 0 Å². The Morgan fingerprint density at radius 3 is 2.44 bits per heavy atom. The maximum absolute atomic E-state index is 13.8. The van der Waals surface area contributed by atoms with Crippen LogP contribution in [-0.4, -0.2) is 31.7 Å². The molecule has 7 heteroatoms. The number of aromatic hydroxyl groups is 1. The maximum atomic E-state index is 13.8. The smallest absolute Gasteiger partial charge is 0.163 e. The van der Waals surface area contributed by atoms with Gasteiger partial charge in [-0.05, 0) is 55.2 Å². The molecule has 2 aliphatic rings. The van der Waals surface area contributed by atoms with Crippen LogP contribution in [0.2, 0.25) is 0 Å². The van der Waals surface area contributed by atoms with E-state index >= 15 is 0 Å². The van der Waals surface area contributed by atoms with E-state index in [1.54, 1.807) is 13.2 Å². The van der Waals surface area contributed by atoms with Crippen LogP contribution in [0.1, 0.15) is 42.9 Å². The summed E-state index contributed by atoms with van der Waals surface area (Å²) < 4.78 is 16.6. The van der Waals surface area contributed by atoms with Crippen molar-refractivity contribution in [3.05, 3.63) is 83.1 Å². The number of nitrogens with one attached hydrogen (secondary N) is 2. The van der Waals surface area contributed by atoms with Gasteiger partial charge in [0.15, 0.2) is 28.8 Å². The van der Waals surface area contributed by atoms with Gasteiger partial charge in [0.25, 0.3) is 0 Å². The minimum atomic E-state index is -0.533. The molecule has 2 atom stereocenters. The Morgan fingerprint density at radius 2 is 1.69 bits per heavy atom. The molecule has 0 aromatic heterocycles. The quantitative estimate of drug-likeness (QED) is 0.406. The Labute approximate surface area is 210 Å². The molecule has 1 aliphatic carbocycles. The Morgan fingerprint density at radius 1 is 0.917 bits per heavy atom. The number of para-hydroxylation sites is 3. The average Bonchev–Trinajstić information content (AvgIpc) is 3.06. The van der Waals surface area contributed by atoms with Crippen LogP contribution in [0, 0.1) is 0 Å². The molecule has 0 amide bonds. The van der Waals surface area contributed by atoms with Crippen molar-refractivity contribution >= 4 is 17.2 Å². The minimum Gasteiger partial charge on any atom is -0.504 e. The molecule has 36 heavy (non-hydrogen) atoms. The topological polar surface area (TPSA) is 89.1 Å². The van der Waals surface area contributed by atoms with E-state index in [0.29, 0.717) is 47.8 Å². The molecule has 186 valence electrons. The molecular weight excluding hydrogens is 456 g/mol. The van der Waals surface area contributed by atoms with Gasteiger partial charge in [0.05, 0.1) is 38.2 Å². The van der Waals surface area contributed by atoms with E-state index in [1.165, 1.54) is 7.11 Å². The van der Waals surface area contributed by atoms with Gasteiger partial charge < -0.3 is 30.0 Å². The van der Waals surface area contributed by atoms with Gasteiger partial charge in [0.1, 0.15) is 0 Å². The zero-order valence-corrected chi connectivity index (χ0v) is 20.6. The lowest BCUT2D eigenvalue weighted by Crippen LogP contribution is -2.27. The molecule has 5 rings (SSSR count). The van der Waals surface area contributed by atoms with Gasteiger partial charge in [0, 0.05) is 23.3 Å². The molecular formula is C29H30N2O5. The monoisotopic (exact) mass is 486 g/mol. The number of carbonyl (C=O) groups excluding carboxylic acids is 1. The lowest BCUT2D eigenvalue weighted by atomic mass is 9.78. The van der Waals surface area contributed by atoms with Crippen molar-refractivity contribution in [1.82, 2.24) is 0 Å². The first-order valence-electron chi connectivity index (χ1n) is 12.1. The number of carbonyl (C=O) groups is 1. The van der Waals surface area contributed by atoms with Crippen LogP contribution in [0.5, 0.6) is 23.0 Å². The first-order valence-corrected chi connectivity index (χ1v) is 12.1. The van der Waals surface area contributed by atoms with Gasteiger partial charge in [-0.25, -0.2) is 0 Å². The van der Waals surface area contributed by atoms with E-state index in [1.807, 2.05) is 61.5 Å². The summed E-state index contributed by atoms with van der Waals surface area (Å²) in [6, 6.07) is 18.5. The number of benzene rings is 3. The molecule has 2 unspecified atom stereocenters. The summed E-state index contributed by atoms with van der Waals surface area (Å²) in [4.78, 5) is 13.8. The third-order valence-electron chi connectivity index (χ3n) is 6.83. The molecule has 0 radical (unpaired) electrons. The Bertz CT molecular complexity index is 1330. The summed E-state index contributed by atoms with van der Waals surface area (Å²) in [7, 11) is 3.14. The van der Waals surface area contributed by atoms with Crippen LogP contribution in [0.25, 0.3) is 0 Å². The number of ether oxygens (including phenoxy) is 3. The van der Waals surface area contributed by atoms with Gasteiger partial charge in [-0.3, -0.25) is 4.79 Å². The summed E-state index contributed by atoms with van der Waals surface area (Å²) in [6.07, 6.45) is 0.979. The highest BCUT2D eigenvalue weighted by molar-refractivity contribution is 6.01. The maximum Gasteiger partial charge on any atom is 0.163 e. The number of phenolic OH excluding ortho intramolecular Hbond substituents is 1. The molecule has 0 spiro atoms. The first-order chi connectivity index (χ1) is 17.5. The number of ketones is 1. The van der Waals surface area contributed by atoms with Gasteiger partial charge in [0.2, 0.25) is 0 Å². The molecule has 3 N–H and O–H groups in total. The molecule has 3 aromatic rings. The number of methoxy groups -OCH3 is 2. The fraction of sp³-hybridized carbons (Fsp3) is 0.276. The molecule has 1 aliphatic heterocycles. The van der Waals surface area contributed by atoms with E-state index < -0.39 is 6.04 Å². The number of hydrogen-bond donors (Lipinski definition) is 3. The van der Waals surface area contributed by atoms with E-state index in [2.05, 4.69) is 10.6 Å². The number of hydrogen-bond acceptors (Lipinski definition) is 7. The van der Waals surface area contributed by atoms with Crippen LogP contribution in [0.4, 0.5) is 11.4 Å². The Kier molecular flexibility index (Phi) is 6.46. The molecule has 0 fully saturated rings. The molecule has 1 heterocycles. The summed E-state index contributed by atoms with van der Waals surface area (Å²) in [6.45, 7) is 2.48. The highest BCUT2D eigenvalue weighted by Gasteiger charge is 2.37. The average molecular weight is 487 g/mol. The van der Waals surface area contributed by atoms with Crippen LogP contribution in [0.3, 0.4) is 0 Å². The fourth-order valence-corrected chi connectivity index (χ4v) is 5.11. The second kappa shape index (κ2) is 9.85. The fourth-order valence-electron chi connectivity index (χ4n) is 5.11. The van der Waals surface area contributed by atoms with Crippen LogP contribution in [0.15, 0.2) is 71.9 Å². The first kappa shape index (κ1) is 23.6. The largest absolute Gasteiger partial charge is 0.504 e. The molecule has 0 saturated carbocycles. The summed E-state index contributed by atoms with van der Waals surface area (Å²) in [5, 5.41) is 18.0. The SMILES string of the molecule is CCOc1ccc(C2CC(=O)C3=C(C2)Nc2ccccc2NC3c2cccc(OC)c2O)cc1OC. The van der Waals surface area contributed by atoms with E-state index in [9.17, 15) is 9.90 Å². The van der Waals surface area contributed by atoms with E-state index in [4.69, 9.17) is 14.2 Å². The van der Waals surface area contributed by atoms with Crippen LogP contribution >= 0.6 is 0 Å². The van der Waals surface area contributed by atoms with Gasteiger partial charge in [-0.1, -0.05) is 30.3 Å². The van der Waals surface area contributed by atoms with Crippen LogP contribution < -0.4 is 24.8 Å². The van der Waals surface area contributed by atoms with Gasteiger partial charge in [-0.2, -0.15) is 0 Å². The number of fused-ring (bicyclic) bond motifs is 1. The number of anilines is 2. The van der Waals surface area contributed by atoms with Gasteiger partial charge >= 0.3 is 0 Å². The second-order valence-electron chi connectivity index (χ2n) is 8.91. The van der Waals surface area contributed by atoms with Crippen molar-refractivity contribution in [3.63, 3.8) is 0 Å². The number of Topliss-reactive ketones (excluding diaryl/α,β-unsaturated/α-hetero) is 1. The molecule has 0 bridgehead atoms. The Hall–Kier alpha value is -4.13. The van der Waals surface area contributed by atoms with Crippen molar-refractivity contribution in [2.24, 2.45) is 0 Å². The molecule has 0 saturated heterocycles. The van der Waals surface area contributed by atoms with E-state index in [0.717, 1.165) is 22.6 Å². The van der Waals surface area contributed by atoms with Crippen molar-refractivity contribution in [1.29, 1.82) is 0 Å². The lowest BCUT2D eigenvalue weighted by Gasteiger charge is -2.30. The third kappa shape index (κ3) is 4.21. The number of allylic oxidation sites excluding steroid dienone is 1. The summed E-state index contributed by atoms with van der Waals surface area (Å²) >= 11 is 0. The molecule has 3 aromatic carbocycles. The molecule has 7 nitrogen and oxygen atoms in total. The Balaban J connectivity index is 1.59. The van der Waals surface area contributed by atoms with Crippen LogP contribution in [-0.2, 0) is 4.79 Å². The zero-order chi connectivity index (χ0) is 25.2. The lowest BCUT2D eigenvalue weighted by molar-refractivity contribution is -0.116. The predicted molar refractivity (Wildman–Crippen MR) is 139 cm³/mol. The summed E-state index contributed by atoms with van der Waals surface area (Å²) in [5.41, 5.74) is 4.81. The van der Waals surface area contributed by atoms with E-state index in [-0.39, 0.29) is 17.5 Å².